The van der Waals surface area contributed by atoms with E-state index in [1.54, 1.807) is 0 Å². The van der Waals surface area contributed by atoms with Gasteiger partial charge in [-0.05, 0) is 23.3 Å². The molecule has 0 saturated heterocycles. The quantitative estimate of drug-likeness (QED) is 0.649. The topological polar surface area (TPSA) is 98.7 Å². The molecule has 2 amide bonds. The van der Waals surface area contributed by atoms with Crippen LogP contribution in [0.2, 0.25) is 0 Å². The van der Waals surface area contributed by atoms with E-state index in [-0.39, 0.29) is 17.9 Å². The Morgan fingerprint density at radius 3 is 2.14 bits per heavy atom. The minimum atomic E-state index is -1.16. The summed E-state index contributed by atoms with van der Waals surface area (Å²) >= 11 is 0. The molecule has 2 unspecified atom stereocenters. The molecule has 0 aliphatic carbocycles. The molecule has 6 heteroatoms. The van der Waals surface area contributed by atoms with Crippen molar-refractivity contribution in [3.05, 3.63) is 35.9 Å². The van der Waals surface area contributed by atoms with Gasteiger partial charge in [0.1, 0.15) is 0 Å². The zero-order chi connectivity index (χ0) is 16.8. The van der Waals surface area contributed by atoms with E-state index in [4.69, 9.17) is 10.2 Å². The van der Waals surface area contributed by atoms with Gasteiger partial charge in [-0.25, -0.2) is 9.59 Å². The summed E-state index contributed by atoms with van der Waals surface area (Å²) in [6.07, 6.45) is -1.65. The monoisotopic (exact) mass is 308 g/mol. The summed E-state index contributed by atoms with van der Waals surface area (Å²) in [6, 6.07) is 9.26. The van der Waals surface area contributed by atoms with Crippen molar-refractivity contribution < 1.29 is 19.8 Å². The molecule has 0 aromatic heterocycles. The molecule has 4 N–H and O–H groups in total. The summed E-state index contributed by atoms with van der Waals surface area (Å²) in [6.45, 7) is 6.12. The minimum Gasteiger partial charge on any atom is -0.465 e. The molecule has 6 nitrogen and oxygen atoms in total. The van der Waals surface area contributed by atoms with Crippen molar-refractivity contribution in [3.8, 4) is 0 Å². The second kappa shape index (κ2) is 7.68. The van der Waals surface area contributed by atoms with Crippen molar-refractivity contribution in [1.29, 1.82) is 0 Å². The molecular weight excluding hydrogens is 284 g/mol. The highest BCUT2D eigenvalue weighted by atomic mass is 16.4. The Morgan fingerprint density at radius 1 is 1.09 bits per heavy atom. The minimum absolute atomic E-state index is 0.0381. The van der Waals surface area contributed by atoms with Gasteiger partial charge in [-0.3, -0.25) is 0 Å². The molecule has 0 spiro atoms. The van der Waals surface area contributed by atoms with Gasteiger partial charge in [0.2, 0.25) is 0 Å². The average Bonchev–Trinajstić information content (AvgIpc) is 2.40. The van der Waals surface area contributed by atoms with Gasteiger partial charge in [-0.2, -0.15) is 0 Å². The summed E-state index contributed by atoms with van der Waals surface area (Å²) < 4.78 is 0. The summed E-state index contributed by atoms with van der Waals surface area (Å²) in [7, 11) is 0. The number of amides is 2. The Bertz CT molecular complexity index is 497. The van der Waals surface area contributed by atoms with Crippen LogP contribution < -0.4 is 10.6 Å². The summed E-state index contributed by atoms with van der Waals surface area (Å²) in [5.74, 6) is -0.0575. The van der Waals surface area contributed by atoms with Gasteiger partial charge >= 0.3 is 12.2 Å². The van der Waals surface area contributed by atoms with Crippen LogP contribution in [0.1, 0.15) is 26.3 Å². The van der Waals surface area contributed by atoms with Crippen LogP contribution in [0.25, 0.3) is 0 Å². The number of nitrogens with one attached hydrogen (secondary N) is 2. The van der Waals surface area contributed by atoms with Gasteiger partial charge in [-0.15, -0.1) is 0 Å². The van der Waals surface area contributed by atoms with Gasteiger partial charge < -0.3 is 20.8 Å². The number of hydrogen-bond donors (Lipinski definition) is 4. The third-order valence-electron chi connectivity index (χ3n) is 3.68. The average molecular weight is 308 g/mol. The normalized spacial score (nSPS) is 14.0. The molecule has 1 aromatic rings. The molecule has 1 aromatic carbocycles. The van der Waals surface area contributed by atoms with Gasteiger partial charge in [0.25, 0.3) is 0 Å². The lowest BCUT2D eigenvalue weighted by atomic mass is 9.73. The highest BCUT2D eigenvalue weighted by molar-refractivity contribution is 5.66. The van der Waals surface area contributed by atoms with Crippen molar-refractivity contribution >= 4 is 12.2 Å². The molecule has 0 saturated carbocycles. The second-order valence-electron chi connectivity index (χ2n) is 6.40. The number of benzene rings is 1. The van der Waals surface area contributed by atoms with Crippen LogP contribution in [0.3, 0.4) is 0 Å². The third-order valence-corrected chi connectivity index (χ3v) is 3.68. The molecule has 0 aliphatic rings. The highest BCUT2D eigenvalue weighted by Gasteiger charge is 2.33. The van der Waals surface area contributed by atoms with E-state index in [9.17, 15) is 9.59 Å². The van der Waals surface area contributed by atoms with Crippen LogP contribution in [-0.4, -0.2) is 35.0 Å². The maximum atomic E-state index is 11.1. The van der Waals surface area contributed by atoms with Crippen molar-refractivity contribution in [2.45, 2.75) is 33.2 Å². The Kier molecular flexibility index (Phi) is 6.22. The van der Waals surface area contributed by atoms with Gasteiger partial charge in [0, 0.05) is 6.54 Å². The SMILES string of the molecule is CC(C)(C)C(Cc1ccccc1)C(CNC(=O)O)NC(=O)O. The fourth-order valence-corrected chi connectivity index (χ4v) is 2.57. The molecule has 122 valence electrons. The van der Waals surface area contributed by atoms with Crippen LogP contribution in [-0.2, 0) is 6.42 Å². The molecule has 1 rings (SSSR count). The lowest BCUT2D eigenvalue weighted by Crippen LogP contribution is -2.51. The van der Waals surface area contributed by atoms with Crippen molar-refractivity contribution in [2.75, 3.05) is 6.54 Å². The summed E-state index contributed by atoms with van der Waals surface area (Å²) in [4.78, 5) is 21.8. The molecular formula is C16H24N2O4. The number of carbonyl (C=O) groups is 2. The second-order valence-corrected chi connectivity index (χ2v) is 6.40. The zero-order valence-electron chi connectivity index (χ0n) is 13.2. The Balaban J connectivity index is 2.97. The number of hydrogen-bond acceptors (Lipinski definition) is 2. The molecule has 0 bridgehead atoms. The van der Waals surface area contributed by atoms with Crippen LogP contribution in [0.15, 0.2) is 30.3 Å². The standard InChI is InChI=1S/C16H24N2O4/c1-16(2,3)12(9-11-7-5-4-6-8-11)13(18-15(21)22)10-17-14(19)20/h4-8,12-13,17-18H,9-10H2,1-3H3,(H,19,20)(H,21,22). The third kappa shape index (κ3) is 6.03. The maximum Gasteiger partial charge on any atom is 0.404 e. The first-order valence-electron chi connectivity index (χ1n) is 7.20. The Hall–Kier alpha value is -2.24. The van der Waals surface area contributed by atoms with E-state index in [0.717, 1.165) is 5.56 Å². The molecule has 0 radical (unpaired) electrons. The van der Waals surface area contributed by atoms with E-state index >= 15 is 0 Å². The van der Waals surface area contributed by atoms with Gasteiger partial charge in [-0.1, -0.05) is 51.1 Å². The predicted molar refractivity (Wildman–Crippen MR) is 84.1 cm³/mol. The van der Waals surface area contributed by atoms with E-state index in [1.807, 2.05) is 51.1 Å². The van der Waals surface area contributed by atoms with Crippen LogP contribution in [0.4, 0.5) is 9.59 Å². The lowest BCUT2D eigenvalue weighted by molar-refractivity contribution is 0.147. The number of rotatable bonds is 6. The van der Waals surface area contributed by atoms with E-state index in [1.165, 1.54) is 0 Å². The first-order chi connectivity index (χ1) is 10.2. The van der Waals surface area contributed by atoms with Crippen LogP contribution in [0, 0.1) is 11.3 Å². The van der Waals surface area contributed by atoms with Gasteiger partial charge in [0.15, 0.2) is 0 Å². The molecule has 0 fully saturated rings. The van der Waals surface area contributed by atoms with Gasteiger partial charge in [0.05, 0.1) is 6.04 Å². The molecule has 22 heavy (non-hydrogen) atoms. The molecule has 0 heterocycles. The first kappa shape index (κ1) is 17.8. The van der Waals surface area contributed by atoms with E-state index in [2.05, 4.69) is 10.6 Å². The molecule has 2 atom stereocenters. The highest BCUT2D eigenvalue weighted by Crippen LogP contribution is 2.32. The van der Waals surface area contributed by atoms with E-state index < -0.39 is 18.2 Å². The van der Waals surface area contributed by atoms with E-state index in [0.29, 0.717) is 6.42 Å². The van der Waals surface area contributed by atoms with Crippen LogP contribution in [0.5, 0.6) is 0 Å². The summed E-state index contributed by atoms with van der Waals surface area (Å²) in [5, 5.41) is 22.6. The largest absolute Gasteiger partial charge is 0.465 e. The molecule has 0 aliphatic heterocycles. The first-order valence-corrected chi connectivity index (χ1v) is 7.20. The summed E-state index contributed by atoms with van der Waals surface area (Å²) in [5.41, 5.74) is 0.901. The Labute approximate surface area is 130 Å². The van der Waals surface area contributed by atoms with Crippen molar-refractivity contribution in [2.24, 2.45) is 11.3 Å². The lowest BCUT2D eigenvalue weighted by Gasteiger charge is -2.37. The van der Waals surface area contributed by atoms with Crippen molar-refractivity contribution in [3.63, 3.8) is 0 Å². The zero-order valence-corrected chi connectivity index (χ0v) is 13.2. The van der Waals surface area contributed by atoms with Crippen LogP contribution >= 0.6 is 0 Å². The fraction of sp³-hybridized carbons (Fsp3) is 0.500. The van der Waals surface area contributed by atoms with Crippen molar-refractivity contribution in [1.82, 2.24) is 10.6 Å². The predicted octanol–water partition coefficient (Wildman–Crippen LogP) is 2.80. The Morgan fingerprint density at radius 2 is 1.68 bits per heavy atom. The maximum absolute atomic E-state index is 11.1. The number of carboxylic acid groups (broad SMARTS) is 2. The smallest absolute Gasteiger partial charge is 0.404 e. The fourth-order valence-electron chi connectivity index (χ4n) is 2.57.